The first kappa shape index (κ1) is 15.8. The van der Waals surface area contributed by atoms with E-state index in [2.05, 4.69) is 17.2 Å². The zero-order valence-corrected chi connectivity index (χ0v) is 13.3. The van der Waals surface area contributed by atoms with Crippen molar-refractivity contribution in [1.29, 1.82) is 0 Å². The van der Waals surface area contributed by atoms with Crippen LogP contribution in [0.2, 0.25) is 0 Å². The highest BCUT2D eigenvalue weighted by atomic mass is 16.4. The van der Waals surface area contributed by atoms with Crippen molar-refractivity contribution in [2.24, 2.45) is 5.41 Å². The molecule has 21 heavy (non-hydrogen) atoms. The van der Waals surface area contributed by atoms with Crippen LogP contribution in [-0.4, -0.2) is 22.6 Å². The van der Waals surface area contributed by atoms with Gasteiger partial charge in [-0.25, -0.2) is 9.78 Å². The van der Waals surface area contributed by atoms with Crippen molar-refractivity contribution in [3.05, 3.63) is 23.4 Å². The van der Waals surface area contributed by atoms with E-state index in [0.717, 1.165) is 12.2 Å². The van der Waals surface area contributed by atoms with Crippen LogP contribution in [0.4, 0.5) is 5.82 Å². The Kier molecular flexibility index (Phi) is 4.86. The lowest BCUT2D eigenvalue weighted by molar-refractivity contribution is 0.0696. The Morgan fingerprint density at radius 1 is 1.33 bits per heavy atom. The van der Waals surface area contributed by atoms with Crippen molar-refractivity contribution in [1.82, 2.24) is 4.98 Å². The predicted molar refractivity (Wildman–Crippen MR) is 85.0 cm³/mol. The first-order valence-electron chi connectivity index (χ1n) is 7.89. The number of aromatic nitrogens is 1. The molecule has 0 aliphatic heterocycles. The Morgan fingerprint density at radius 2 is 2.00 bits per heavy atom. The summed E-state index contributed by atoms with van der Waals surface area (Å²) in [4.78, 5) is 15.8. The highest BCUT2D eigenvalue weighted by Crippen LogP contribution is 2.35. The summed E-state index contributed by atoms with van der Waals surface area (Å²) in [6.07, 6.45) is 6.38. The molecule has 1 heterocycles. The molecule has 1 aromatic heterocycles. The molecule has 1 aliphatic carbocycles. The van der Waals surface area contributed by atoms with Crippen molar-refractivity contribution in [3.63, 3.8) is 0 Å². The molecule has 2 N–H and O–H groups in total. The maximum Gasteiger partial charge on any atom is 0.335 e. The largest absolute Gasteiger partial charge is 0.478 e. The molecule has 0 aromatic carbocycles. The summed E-state index contributed by atoms with van der Waals surface area (Å²) in [5.41, 5.74) is 1.44. The lowest BCUT2D eigenvalue weighted by Gasteiger charge is -2.33. The minimum Gasteiger partial charge on any atom is -0.478 e. The van der Waals surface area contributed by atoms with Crippen LogP contribution < -0.4 is 5.32 Å². The van der Waals surface area contributed by atoms with E-state index in [1.54, 1.807) is 12.1 Å². The molecule has 0 atom stereocenters. The number of nitrogens with zero attached hydrogens (tertiary/aromatic N) is 1. The zero-order chi connectivity index (χ0) is 15.5. The fraction of sp³-hybridized carbons (Fsp3) is 0.647. The number of nitrogens with one attached hydrogen (secondary N) is 1. The normalized spacial score (nSPS) is 17.7. The second-order valence-corrected chi connectivity index (χ2v) is 6.85. The molecular weight excluding hydrogens is 264 g/mol. The number of hydrogen-bond donors (Lipinski definition) is 2. The van der Waals surface area contributed by atoms with Gasteiger partial charge in [0.1, 0.15) is 5.82 Å². The molecule has 4 heteroatoms. The molecule has 0 radical (unpaired) electrons. The van der Waals surface area contributed by atoms with Gasteiger partial charge in [-0.05, 0) is 36.3 Å². The second kappa shape index (κ2) is 6.46. The molecule has 2 rings (SSSR count). The van der Waals surface area contributed by atoms with Gasteiger partial charge in [0.05, 0.1) is 5.56 Å². The van der Waals surface area contributed by atoms with Gasteiger partial charge < -0.3 is 10.4 Å². The average Bonchev–Trinajstić information content (AvgIpc) is 2.45. The molecule has 116 valence electrons. The molecule has 0 saturated heterocycles. The number of pyridine rings is 1. The summed E-state index contributed by atoms with van der Waals surface area (Å²) in [5, 5.41) is 12.6. The molecule has 1 aliphatic rings. The summed E-state index contributed by atoms with van der Waals surface area (Å²) in [6, 6.07) is 3.31. The molecular formula is C17H26N2O2. The van der Waals surface area contributed by atoms with Gasteiger partial charge in [0.2, 0.25) is 0 Å². The molecule has 1 saturated carbocycles. The fourth-order valence-electron chi connectivity index (χ4n) is 2.95. The minimum absolute atomic E-state index is 0.218. The van der Waals surface area contributed by atoms with Crippen molar-refractivity contribution in [2.75, 3.05) is 11.9 Å². The highest BCUT2D eigenvalue weighted by Gasteiger charge is 2.26. The first-order valence-corrected chi connectivity index (χ1v) is 7.89. The zero-order valence-electron chi connectivity index (χ0n) is 13.3. The lowest BCUT2D eigenvalue weighted by Crippen LogP contribution is -2.29. The molecule has 0 unspecified atom stereocenters. The number of aromatic carboxylic acids is 1. The Labute approximate surface area is 127 Å². The number of rotatable bonds is 5. The Hall–Kier alpha value is -1.58. The fourth-order valence-corrected chi connectivity index (χ4v) is 2.95. The van der Waals surface area contributed by atoms with Gasteiger partial charge in [-0.2, -0.15) is 0 Å². The smallest absolute Gasteiger partial charge is 0.335 e. The monoisotopic (exact) mass is 290 g/mol. The number of hydrogen-bond acceptors (Lipinski definition) is 3. The van der Waals surface area contributed by atoms with Crippen molar-refractivity contribution < 1.29 is 9.90 Å². The van der Waals surface area contributed by atoms with E-state index in [9.17, 15) is 9.90 Å². The molecule has 1 fully saturated rings. The third-order valence-corrected chi connectivity index (χ3v) is 4.44. The number of carboxylic acids is 1. The molecule has 0 bridgehead atoms. The first-order chi connectivity index (χ1) is 9.89. The Balaban J connectivity index is 2.13. The number of carboxylic acid groups (broad SMARTS) is 1. The second-order valence-electron chi connectivity index (χ2n) is 6.85. The number of anilines is 1. The van der Waals surface area contributed by atoms with E-state index in [0.29, 0.717) is 16.8 Å². The third-order valence-electron chi connectivity index (χ3n) is 4.44. The van der Waals surface area contributed by atoms with E-state index in [-0.39, 0.29) is 5.92 Å². The standard InChI is InChI=1S/C17H26N2O2/c1-12(2)14-9-13(16(20)21)10-15(19-14)18-11-17(3)7-5-4-6-8-17/h9-10,12H,4-8,11H2,1-3H3,(H,18,19)(H,20,21). The van der Waals surface area contributed by atoms with Crippen molar-refractivity contribution in [2.45, 2.75) is 58.8 Å². The van der Waals surface area contributed by atoms with Gasteiger partial charge in [0.25, 0.3) is 0 Å². The van der Waals surface area contributed by atoms with E-state index >= 15 is 0 Å². The van der Waals surface area contributed by atoms with Crippen LogP contribution >= 0.6 is 0 Å². The summed E-state index contributed by atoms with van der Waals surface area (Å²) in [7, 11) is 0. The summed E-state index contributed by atoms with van der Waals surface area (Å²) in [5.74, 6) is 0.00624. The van der Waals surface area contributed by atoms with Crippen molar-refractivity contribution in [3.8, 4) is 0 Å². The van der Waals surface area contributed by atoms with Gasteiger partial charge in [-0.3, -0.25) is 0 Å². The van der Waals surface area contributed by atoms with Gasteiger partial charge in [-0.1, -0.05) is 40.0 Å². The summed E-state index contributed by atoms with van der Waals surface area (Å²) >= 11 is 0. The minimum atomic E-state index is -0.897. The van der Waals surface area contributed by atoms with Crippen molar-refractivity contribution >= 4 is 11.8 Å². The lowest BCUT2D eigenvalue weighted by atomic mass is 9.76. The van der Waals surface area contributed by atoms with Crippen LogP contribution in [0.5, 0.6) is 0 Å². The maximum atomic E-state index is 11.2. The van der Waals surface area contributed by atoms with Crippen LogP contribution in [0.3, 0.4) is 0 Å². The SMILES string of the molecule is CC(C)c1cc(C(=O)O)cc(NCC2(C)CCCCC2)n1. The van der Waals surface area contributed by atoms with Gasteiger partial charge in [0.15, 0.2) is 0 Å². The molecule has 0 amide bonds. The summed E-state index contributed by atoms with van der Waals surface area (Å²) in [6.45, 7) is 7.23. The van der Waals surface area contributed by atoms with E-state index in [1.165, 1.54) is 32.1 Å². The predicted octanol–water partition coefficient (Wildman–Crippen LogP) is 4.29. The molecule has 4 nitrogen and oxygen atoms in total. The highest BCUT2D eigenvalue weighted by molar-refractivity contribution is 5.88. The third kappa shape index (κ3) is 4.19. The van der Waals surface area contributed by atoms with Gasteiger partial charge in [-0.15, -0.1) is 0 Å². The Bertz CT molecular complexity index is 506. The summed E-state index contributed by atoms with van der Waals surface area (Å²) < 4.78 is 0. The van der Waals surface area contributed by atoms with Crippen LogP contribution in [0.1, 0.15) is 74.8 Å². The van der Waals surface area contributed by atoms with Crippen LogP contribution in [-0.2, 0) is 0 Å². The van der Waals surface area contributed by atoms with Gasteiger partial charge >= 0.3 is 5.97 Å². The quantitative estimate of drug-likeness (QED) is 0.849. The van der Waals surface area contributed by atoms with Gasteiger partial charge in [0, 0.05) is 12.2 Å². The van der Waals surface area contributed by atoms with E-state index in [1.807, 2.05) is 13.8 Å². The Morgan fingerprint density at radius 3 is 2.57 bits per heavy atom. The number of carbonyl (C=O) groups is 1. The van der Waals surface area contributed by atoms with E-state index < -0.39 is 5.97 Å². The van der Waals surface area contributed by atoms with Crippen LogP contribution in [0.25, 0.3) is 0 Å². The van der Waals surface area contributed by atoms with Crippen LogP contribution in [0, 0.1) is 5.41 Å². The van der Waals surface area contributed by atoms with E-state index in [4.69, 9.17) is 0 Å². The van der Waals surface area contributed by atoms with Crippen LogP contribution in [0.15, 0.2) is 12.1 Å². The molecule has 0 spiro atoms. The maximum absolute atomic E-state index is 11.2. The molecule has 1 aromatic rings. The topological polar surface area (TPSA) is 62.2 Å². The average molecular weight is 290 g/mol.